The molecule has 2 unspecified atom stereocenters. The van der Waals surface area contributed by atoms with Crippen molar-refractivity contribution < 1.29 is 8.78 Å². The average molecular weight is 379 g/mol. The molecule has 2 saturated carbocycles. The summed E-state index contributed by atoms with van der Waals surface area (Å²) in [7, 11) is 0. The Morgan fingerprint density at radius 1 is 1.07 bits per heavy atom. The summed E-state index contributed by atoms with van der Waals surface area (Å²) in [5.74, 6) is 0.649. The summed E-state index contributed by atoms with van der Waals surface area (Å²) < 4.78 is 30.5. The van der Waals surface area contributed by atoms with Crippen molar-refractivity contribution in [3.63, 3.8) is 0 Å². The molecule has 3 aliphatic rings. The third kappa shape index (κ3) is 4.35. The van der Waals surface area contributed by atoms with E-state index in [4.69, 9.17) is 0 Å². The van der Waals surface area contributed by atoms with Gasteiger partial charge in [-0.3, -0.25) is 0 Å². The van der Waals surface area contributed by atoms with Gasteiger partial charge in [0.2, 0.25) is 0 Å². The van der Waals surface area contributed by atoms with Crippen LogP contribution in [0.5, 0.6) is 0 Å². The van der Waals surface area contributed by atoms with Crippen molar-refractivity contribution in [2.45, 2.75) is 109 Å². The predicted molar refractivity (Wildman–Crippen MR) is 111 cm³/mol. The molecule has 0 heterocycles. The highest BCUT2D eigenvalue weighted by Gasteiger charge is 2.54. The van der Waals surface area contributed by atoms with Crippen LogP contribution >= 0.6 is 0 Å². The Hall–Kier alpha value is -0.660. The third-order valence-corrected chi connectivity index (χ3v) is 8.31. The van der Waals surface area contributed by atoms with Crippen LogP contribution in [0.1, 0.15) is 104 Å². The summed E-state index contributed by atoms with van der Waals surface area (Å²) in [6.07, 6.45) is 21.6. The molecule has 0 saturated heterocycles. The Bertz CT molecular complexity index is 520. The van der Waals surface area contributed by atoms with Crippen molar-refractivity contribution in [2.75, 3.05) is 0 Å². The van der Waals surface area contributed by atoms with E-state index in [0.717, 1.165) is 18.8 Å². The topological polar surface area (TPSA) is 0 Å². The zero-order valence-corrected chi connectivity index (χ0v) is 17.6. The van der Waals surface area contributed by atoms with Gasteiger partial charge in [-0.05, 0) is 61.5 Å². The highest BCUT2D eigenvalue weighted by atomic mass is 19.2. The maximum Gasteiger partial charge on any atom is 0.182 e. The Kier molecular flexibility index (Phi) is 7.20. The van der Waals surface area contributed by atoms with Gasteiger partial charge in [0.15, 0.2) is 5.67 Å². The molecule has 2 fully saturated rings. The fraction of sp³-hybridized carbons (Fsp3) is 0.840. The summed E-state index contributed by atoms with van der Waals surface area (Å²) in [6.45, 7) is 4.28. The summed E-state index contributed by atoms with van der Waals surface area (Å²) in [5.41, 5.74) is -1.90. The van der Waals surface area contributed by atoms with Gasteiger partial charge >= 0.3 is 0 Å². The second kappa shape index (κ2) is 9.23. The lowest BCUT2D eigenvalue weighted by Gasteiger charge is -2.53. The molecule has 154 valence electrons. The van der Waals surface area contributed by atoms with Crippen LogP contribution in [0.3, 0.4) is 0 Å². The van der Waals surface area contributed by atoms with Crippen molar-refractivity contribution in [2.24, 2.45) is 23.2 Å². The van der Waals surface area contributed by atoms with Crippen molar-refractivity contribution in [1.82, 2.24) is 0 Å². The minimum Gasteiger partial charge on any atom is -0.231 e. The van der Waals surface area contributed by atoms with Gasteiger partial charge in [0.1, 0.15) is 5.83 Å². The number of hydrogen-bond acceptors (Lipinski definition) is 0. The first-order valence-electron chi connectivity index (χ1n) is 11.8. The van der Waals surface area contributed by atoms with Gasteiger partial charge in [-0.25, -0.2) is 8.78 Å². The molecule has 0 spiro atoms. The number of unbranched alkanes of at least 4 members (excludes halogenated alkanes) is 2. The molecular formula is C25H40F2. The zero-order chi connectivity index (χ0) is 19.3. The molecular weight excluding hydrogens is 338 g/mol. The van der Waals surface area contributed by atoms with Gasteiger partial charge < -0.3 is 0 Å². The molecule has 27 heavy (non-hydrogen) atoms. The molecule has 3 aliphatic carbocycles. The van der Waals surface area contributed by atoms with Gasteiger partial charge in [0, 0.05) is 5.92 Å². The second-order valence-electron chi connectivity index (χ2n) is 9.69. The number of rotatable bonds is 7. The molecule has 0 bridgehead atoms. The predicted octanol–water partition coefficient (Wildman–Crippen LogP) is 8.48. The lowest BCUT2D eigenvalue weighted by molar-refractivity contribution is -0.0494. The van der Waals surface area contributed by atoms with Crippen LogP contribution in [-0.2, 0) is 0 Å². The van der Waals surface area contributed by atoms with E-state index in [1.807, 2.05) is 13.0 Å². The molecule has 0 nitrogen and oxygen atoms in total. The molecule has 0 N–H and O–H groups in total. The minimum absolute atomic E-state index is 0.0196. The zero-order valence-electron chi connectivity index (χ0n) is 17.6. The van der Waals surface area contributed by atoms with E-state index in [9.17, 15) is 4.39 Å². The minimum atomic E-state index is -1.88. The van der Waals surface area contributed by atoms with Crippen molar-refractivity contribution in [1.29, 1.82) is 0 Å². The van der Waals surface area contributed by atoms with E-state index in [1.165, 1.54) is 76.7 Å². The maximum atomic E-state index is 15.9. The van der Waals surface area contributed by atoms with Crippen molar-refractivity contribution in [3.05, 3.63) is 24.1 Å². The van der Waals surface area contributed by atoms with Crippen molar-refractivity contribution in [3.8, 4) is 0 Å². The molecule has 0 aromatic carbocycles. The average Bonchev–Trinajstić information content (AvgIpc) is 2.71. The smallest absolute Gasteiger partial charge is 0.182 e. The van der Waals surface area contributed by atoms with Gasteiger partial charge in [0.05, 0.1) is 0 Å². The van der Waals surface area contributed by atoms with Crippen LogP contribution < -0.4 is 0 Å². The molecule has 2 atom stereocenters. The first-order valence-corrected chi connectivity index (χ1v) is 11.8. The van der Waals surface area contributed by atoms with Gasteiger partial charge in [-0.2, -0.15) is 0 Å². The molecule has 0 amide bonds. The first-order chi connectivity index (χ1) is 13.0. The molecule has 0 aromatic heterocycles. The number of allylic oxidation sites excluding steroid dienone is 4. The molecule has 3 rings (SSSR count). The molecule has 0 aromatic rings. The number of alkyl halides is 1. The molecule has 2 heteroatoms. The van der Waals surface area contributed by atoms with E-state index in [-0.39, 0.29) is 11.3 Å². The van der Waals surface area contributed by atoms with Crippen LogP contribution in [0.2, 0.25) is 0 Å². The molecule has 0 radical (unpaired) electrons. The standard InChI is InChI=1S/C25H40F2/c1-3-4-6-11-21-13-15-22(16-14-21)24(17-8-5-9-18-24)20(2)25(27)19-10-7-12-23(25)26/h10,12,19-22H,3-9,11,13-18H2,1-2H3. The van der Waals surface area contributed by atoms with Gasteiger partial charge in [-0.1, -0.05) is 77.7 Å². The fourth-order valence-corrected chi connectivity index (χ4v) is 6.53. The Morgan fingerprint density at radius 2 is 1.78 bits per heavy atom. The van der Waals surface area contributed by atoms with Crippen molar-refractivity contribution >= 4 is 0 Å². The summed E-state index contributed by atoms with van der Waals surface area (Å²) in [5, 5.41) is 0. The van der Waals surface area contributed by atoms with Crippen LogP contribution in [0.25, 0.3) is 0 Å². The van der Waals surface area contributed by atoms with E-state index >= 15 is 4.39 Å². The highest BCUT2D eigenvalue weighted by Crippen LogP contribution is 2.58. The quantitative estimate of drug-likeness (QED) is 0.308. The Morgan fingerprint density at radius 3 is 2.41 bits per heavy atom. The molecule has 0 aliphatic heterocycles. The van der Waals surface area contributed by atoms with Gasteiger partial charge in [0.25, 0.3) is 0 Å². The van der Waals surface area contributed by atoms with Crippen LogP contribution in [0.15, 0.2) is 24.1 Å². The SMILES string of the molecule is CCCCCC1CCC(C2(C(C)C3(F)C=CCC=C3F)CCCCC2)CC1. The number of halogens is 2. The maximum absolute atomic E-state index is 15.9. The monoisotopic (exact) mass is 378 g/mol. The summed E-state index contributed by atoms with van der Waals surface area (Å²) >= 11 is 0. The third-order valence-electron chi connectivity index (χ3n) is 8.31. The van der Waals surface area contributed by atoms with E-state index < -0.39 is 11.5 Å². The van der Waals surface area contributed by atoms with E-state index in [1.54, 1.807) is 6.08 Å². The van der Waals surface area contributed by atoms with Crippen LogP contribution in [0.4, 0.5) is 8.78 Å². The van der Waals surface area contributed by atoms with Crippen LogP contribution in [0, 0.1) is 23.2 Å². The lowest BCUT2D eigenvalue weighted by Crippen LogP contribution is -2.49. The first kappa shape index (κ1) is 21.1. The van der Waals surface area contributed by atoms with E-state index in [0.29, 0.717) is 12.3 Å². The largest absolute Gasteiger partial charge is 0.231 e. The lowest BCUT2D eigenvalue weighted by atomic mass is 9.52. The van der Waals surface area contributed by atoms with Crippen LogP contribution in [-0.4, -0.2) is 5.67 Å². The highest BCUT2D eigenvalue weighted by molar-refractivity contribution is 5.28. The summed E-state index contributed by atoms with van der Waals surface area (Å²) in [6, 6.07) is 0. The van der Waals surface area contributed by atoms with Gasteiger partial charge in [-0.15, -0.1) is 0 Å². The fourth-order valence-electron chi connectivity index (χ4n) is 6.53. The second-order valence-corrected chi connectivity index (χ2v) is 9.69. The normalized spacial score (nSPS) is 34.9. The Balaban J connectivity index is 1.73. The Labute approximate surface area is 165 Å². The van der Waals surface area contributed by atoms with E-state index in [2.05, 4.69) is 6.92 Å². The number of hydrogen-bond donors (Lipinski definition) is 0. The summed E-state index contributed by atoms with van der Waals surface area (Å²) in [4.78, 5) is 0.